The molecule has 6 nitrogen and oxygen atoms in total. The number of ether oxygens (including phenoxy) is 1. The fraction of sp³-hybridized carbons (Fsp3) is 0.278. The molecule has 1 amide bonds. The van der Waals surface area contributed by atoms with Crippen LogP contribution in [-0.2, 0) is 14.8 Å². The van der Waals surface area contributed by atoms with Crippen LogP contribution < -0.4 is 14.8 Å². The average molecular weight is 466 g/mol. The minimum Gasteiger partial charge on any atom is -0.484 e. The van der Waals surface area contributed by atoms with E-state index in [1.807, 2.05) is 13.8 Å². The number of carbonyl (C=O) groups is 1. The fourth-order valence-corrected chi connectivity index (χ4v) is 3.84. The molecular formula is C18H19Cl3N2O4S. The Morgan fingerprint density at radius 3 is 2.25 bits per heavy atom. The summed E-state index contributed by atoms with van der Waals surface area (Å²) in [4.78, 5) is 12.2. The van der Waals surface area contributed by atoms with Crippen LogP contribution in [0.15, 0.2) is 41.3 Å². The molecule has 2 N–H and O–H groups in total. The summed E-state index contributed by atoms with van der Waals surface area (Å²) in [6.07, 6.45) is 0. The monoisotopic (exact) mass is 464 g/mol. The summed E-state index contributed by atoms with van der Waals surface area (Å²) in [6, 6.07) is 8.63. The second-order valence-electron chi connectivity index (χ2n) is 6.30. The Balaban J connectivity index is 1.94. The molecule has 0 saturated heterocycles. The fourth-order valence-electron chi connectivity index (χ4n) is 2.03. The Kier molecular flexibility index (Phi) is 7.97. The van der Waals surface area contributed by atoms with Gasteiger partial charge in [-0.2, -0.15) is 0 Å². The zero-order valence-corrected chi connectivity index (χ0v) is 18.2. The van der Waals surface area contributed by atoms with Crippen molar-refractivity contribution in [3.63, 3.8) is 0 Å². The molecule has 0 saturated carbocycles. The number of anilines is 1. The Labute approximate surface area is 179 Å². The first-order valence-electron chi connectivity index (χ1n) is 8.25. The van der Waals surface area contributed by atoms with Crippen LogP contribution in [0.5, 0.6) is 5.75 Å². The average Bonchev–Trinajstić information content (AvgIpc) is 2.63. The van der Waals surface area contributed by atoms with Crippen molar-refractivity contribution in [1.82, 2.24) is 4.72 Å². The number of carbonyl (C=O) groups excluding carboxylic acids is 1. The van der Waals surface area contributed by atoms with Gasteiger partial charge in [-0.25, -0.2) is 13.1 Å². The number of nitrogens with one attached hydrogen (secondary N) is 2. The lowest BCUT2D eigenvalue weighted by Crippen LogP contribution is -2.27. The number of benzene rings is 2. The van der Waals surface area contributed by atoms with Crippen LogP contribution in [0.25, 0.3) is 0 Å². The zero-order chi connectivity index (χ0) is 20.9. The Morgan fingerprint density at radius 2 is 1.64 bits per heavy atom. The number of sulfonamides is 1. The standard InChI is InChI=1S/C18H19Cl3N2O4S/c1-11(2)9-22-28(25,26)13-5-3-12(4-6-13)27-10-18(24)23-17-8-15(20)14(19)7-16(17)21/h3-8,11,22H,9-10H2,1-2H3,(H,23,24). The van der Waals surface area contributed by atoms with Gasteiger partial charge < -0.3 is 10.1 Å². The lowest BCUT2D eigenvalue weighted by molar-refractivity contribution is -0.118. The highest BCUT2D eigenvalue weighted by Crippen LogP contribution is 2.32. The molecule has 0 heterocycles. The molecule has 0 atom stereocenters. The minimum atomic E-state index is -3.58. The van der Waals surface area contributed by atoms with Gasteiger partial charge in [-0.3, -0.25) is 4.79 Å². The van der Waals surface area contributed by atoms with Crippen LogP contribution in [0.3, 0.4) is 0 Å². The van der Waals surface area contributed by atoms with E-state index in [2.05, 4.69) is 10.0 Å². The van der Waals surface area contributed by atoms with E-state index in [0.717, 1.165) is 0 Å². The topological polar surface area (TPSA) is 84.5 Å². The summed E-state index contributed by atoms with van der Waals surface area (Å²) in [7, 11) is -3.58. The van der Waals surface area contributed by atoms with E-state index in [0.29, 0.717) is 18.0 Å². The smallest absolute Gasteiger partial charge is 0.262 e. The molecule has 28 heavy (non-hydrogen) atoms. The molecular weight excluding hydrogens is 447 g/mol. The molecule has 0 radical (unpaired) electrons. The lowest BCUT2D eigenvalue weighted by Gasteiger charge is -2.11. The van der Waals surface area contributed by atoms with Crippen molar-refractivity contribution < 1.29 is 17.9 Å². The van der Waals surface area contributed by atoms with Crippen LogP contribution >= 0.6 is 34.8 Å². The van der Waals surface area contributed by atoms with Crippen molar-refractivity contribution in [1.29, 1.82) is 0 Å². The second-order valence-corrected chi connectivity index (χ2v) is 9.29. The van der Waals surface area contributed by atoms with E-state index >= 15 is 0 Å². The molecule has 0 spiro atoms. The van der Waals surface area contributed by atoms with E-state index in [1.54, 1.807) is 0 Å². The van der Waals surface area contributed by atoms with Crippen molar-refractivity contribution in [2.45, 2.75) is 18.7 Å². The maximum Gasteiger partial charge on any atom is 0.262 e. The zero-order valence-electron chi connectivity index (χ0n) is 15.1. The molecule has 2 aromatic carbocycles. The number of hydrogen-bond acceptors (Lipinski definition) is 4. The van der Waals surface area contributed by atoms with E-state index in [4.69, 9.17) is 39.5 Å². The van der Waals surface area contributed by atoms with Gasteiger partial charge in [-0.05, 0) is 42.3 Å². The molecule has 0 bridgehead atoms. The molecule has 0 unspecified atom stereocenters. The van der Waals surface area contributed by atoms with Crippen LogP contribution in [0.1, 0.15) is 13.8 Å². The number of hydrogen-bond donors (Lipinski definition) is 2. The van der Waals surface area contributed by atoms with E-state index in [-0.39, 0.29) is 32.5 Å². The van der Waals surface area contributed by atoms with Gasteiger partial charge >= 0.3 is 0 Å². The highest BCUT2D eigenvalue weighted by atomic mass is 35.5. The van der Waals surface area contributed by atoms with Gasteiger partial charge in [0.05, 0.1) is 25.7 Å². The SMILES string of the molecule is CC(C)CNS(=O)(=O)c1ccc(OCC(=O)Nc2cc(Cl)c(Cl)cc2Cl)cc1. The second kappa shape index (κ2) is 9.80. The predicted molar refractivity (Wildman–Crippen MR) is 112 cm³/mol. The molecule has 0 aliphatic heterocycles. The molecule has 0 aromatic heterocycles. The summed E-state index contributed by atoms with van der Waals surface area (Å²) in [5, 5.41) is 3.34. The minimum absolute atomic E-state index is 0.118. The summed E-state index contributed by atoms with van der Waals surface area (Å²) in [5.74, 6) is 0.0775. The number of rotatable bonds is 8. The normalized spacial score (nSPS) is 11.5. The van der Waals surface area contributed by atoms with E-state index in [1.165, 1.54) is 36.4 Å². The molecule has 10 heteroatoms. The van der Waals surface area contributed by atoms with Gasteiger partial charge in [0.15, 0.2) is 6.61 Å². The lowest BCUT2D eigenvalue weighted by atomic mass is 10.2. The molecule has 0 aliphatic carbocycles. The van der Waals surface area contributed by atoms with Crippen LogP contribution in [-0.4, -0.2) is 27.5 Å². The van der Waals surface area contributed by atoms with Gasteiger partial charge in [0.25, 0.3) is 5.91 Å². The first kappa shape index (κ1) is 22.8. The molecule has 2 rings (SSSR count). The predicted octanol–water partition coefficient (Wildman–Crippen LogP) is 4.60. The third kappa shape index (κ3) is 6.53. The Morgan fingerprint density at radius 1 is 1.04 bits per heavy atom. The number of halogens is 3. The summed E-state index contributed by atoms with van der Waals surface area (Å²) in [6.45, 7) is 3.87. The van der Waals surface area contributed by atoms with Gasteiger partial charge in [0.2, 0.25) is 10.0 Å². The molecule has 152 valence electrons. The summed E-state index contributed by atoms with van der Waals surface area (Å²) in [5.41, 5.74) is 0.308. The maximum atomic E-state index is 12.2. The third-order valence-electron chi connectivity index (χ3n) is 3.47. The third-order valence-corrected chi connectivity index (χ3v) is 5.94. The van der Waals surface area contributed by atoms with Gasteiger partial charge in [0, 0.05) is 6.54 Å². The molecule has 0 fully saturated rings. The van der Waals surface area contributed by atoms with Crippen molar-refractivity contribution in [2.75, 3.05) is 18.5 Å². The van der Waals surface area contributed by atoms with Crippen molar-refractivity contribution in [2.24, 2.45) is 5.92 Å². The largest absolute Gasteiger partial charge is 0.484 e. The van der Waals surface area contributed by atoms with Crippen molar-refractivity contribution >= 4 is 56.4 Å². The summed E-state index contributed by atoms with van der Waals surface area (Å²) < 4.78 is 32.2. The van der Waals surface area contributed by atoms with E-state index in [9.17, 15) is 13.2 Å². The maximum absolute atomic E-state index is 12.2. The van der Waals surface area contributed by atoms with Crippen LogP contribution in [0.2, 0.25) is 15.1 Å². The highest BCUT2D eigenvalue weighted by Gasteiger charge is 2.14. The number of amides is 1. The summed E-state index contributed by atoms with van der Waals surface area (Å²) >= 11 is 17.8. The van der Waals surface area contributed by atoms with Crippen LogP contribution in [0, 0.1) is 5.92 Å². The molecule has 0 aliphatic rings. The van der Waals surface area contributed by atoms with Crippen molar-refractivity contribution in [3.05, 3.63) is 51.5 Å². The highest BCUT2D eigenvalue weighted by molar-refractivity contribution is 7.89. The van der Waals surface area contributed by atoms with Gasteiger partial charge in [-0.1, -0.05) is 48.7 Å². The Bertz CT molecular complexity index is 948. The Hall–Kier alpha value is -1.51. The van der Waals surface area contributed by atoms with E-state index < -0.39 is 15.9 Å². The first-order valence-corrected chi connectivity index (χ1v) is 10.9. The van der Waals surface area contributed by atoms with Crippen molar-refractivity contribution in [3.8, 4) is 5.75 Å². The molecule has 2 aromatic rings. The van der Waals surface area contributed by atoms with Gasteiger partial charge in [-0.15, -0.1) is 0 Å². The van der Waals surface area contributed by atoms with Crippen LogP contribution in [0.4, 0.5) is 5.69 Å². The van der Waals surface area contributed by atoms with Gasteiger partial charge in [0.1, 0.15) is 5.75 Å². The quantitative estimate of drug-likeness (QED) is 0.558. The first-order chi connectivity index (χ1) is 13.1.